The minimum atomic E-state index is -3.82. The summed E-state index contributed by atoms with van der Waals surface area (Å²) in [5.41, 5.74) is 1.42. The zero-order valence-electron chi connectivity index (χ0n) is 14.0. The molecular weight excluding hydrogens is 376 g/mol. The summed E-state index contributed by atoms with van der Waals surface area (Å²) in [7, 11) is -3.82. The molecule has 1 fully saturated rings. The van der Waals surface area contributed by atoms with Crippen LogP contribution in [0.2, 0.25) is 5.02 Å². The molecule has 0 saturated carbocycles. The molecule has 2 aromatic rings. The maximum absolute atomic E-state index is 12.5. The second-order valence-electron chi connectivity index (χ2n) is 6.11. The monoisotopic (exact) mass is 394 g/mol. The smallest absolute Gasteiger partial charge is 0.266 e. The summed E-state index contributed by atoms with van der Waals surface area (Å²) >= 11 is 6.10. The SMILES string of the molecule is O=C(NS(=O)(=O)C[C@@H]1CCCCO1)c1cc(-c2ccccn2)ccc1Cl. The van der Waals surface area contributed by atoms with Crippen LogP contribution in [0.4, 0.5) is 0 Å². The first-order valence-corrected chi connectivity index (χ1v) is 10.3. The molecule has 1 amide bonds. The van der Waals surface area contributed by atoms with Crippen LogP contribution in [0.5, 0.6) is 0 Å². The van der Waals surface area contributed by atoms with E-state index in [1.165, 1.54) is 6.07 Å². The number of sulfonamides is 1. The summed E-state index contributed by atoms with van der Waals surface area (Å²) in [5.74, 6) is -1.00. The van der Waals surface area contributed by atoms with Crippen molar-refractivity contribution < 1.29 is 17.9 Å². The van der Waals surface area contributed by atoms with E-state index < -0.39 is 15.9 Å². The van der Waals surface area contributed by atoms with Gasteiger partial charge in [0.1, 0.15) is 0 Å². The molecule has 1 aliphatic heterocycles. The summed E-state index contributed by atoms with van der Waals surface area (Å²) in [5, 5.41) is 0.172. The lowest BCUT2D eigenvalue weighted by Gasteiger charge is -2.22. The second kappa shape index (κ2) is 8.16. The fourth-order valence-corrected chi connectivity index (χ4v) is 4.25. The zero-order valence-corrected chi connectivity index (χ0v) is 15.6. The van der Waals surface area contributed by atoms with E-state index >= 15 is 0 Å². The number of halogens is 1. The van der Waals surface area contributed by atoms with Crippen molar-refractivity contribution in [3.05, 3.63) is 53.2 Å². The Bertz CT molecular complexity index is 881. The van der Waals surface area contributed by atoms with Gasteiger partial charge in [0, 0.05) is 18.4 Å². The van der Waals surface area contributed by atoms with Crippen molar-refractivity contribution >= 4 is 27.5 Å². The standard InChI is InChI=1S/C18H19ClN2O4S/c19-16-8-7-13(17-6-1-3-9-20-17)11-15(16)18(22)21-26(23,24)12-14-5-2-4-10-25-14/h1,3,6-9,11,14H,2,4-5,10,12H2,(H,21,22)/t14-/m0/s1. The zero-order chi connectivity index (χ0) is 18.6. The van der Waals surface area contributed by atoms with Crippen LogP contribution in [0.25, 0.3) is 11.3 Å². The van der Waals surface area contributed by atoms with Crippen molar-refractivity contribution in [3.63, 3.8) is 0 Å². The average molecular weight is 395 g/mol. The minimum absolute atomic E-state index is 0.0861. The van der Waals surface area contributed by atoms with E-state index in [-0.39, 0.29) is 22.4 Å². The van der Waals surface area contributed by atoms with Gasteiger partial charge in [-0.05, 0) is 43.5 Å². The van der Waals surface area contributed by atoms with Crippen molar-refractivity contribution in [3.8, 4) is 11.3 Å². The molecule has 1 aromatic heterocycles. The van der Waals surface area contributed by atoms with Gasteiger partial charge in [0.25, 0.3) is 5.91 Å². The Labute approximate surface area is 157 Å². The molecule has 1 aromatic carbocycles. The van der Waals surface area contributed by atoms with Gasteiger partial charge < -0.3 is 4.74 Å². The van der Waals surface area contributed by atoms with Crippen molar-refractivity contribution in [2.24, 2.45) is 0 Å². The topological polar surface area (TPSA) is 85.4 Å². The molecule has 0 unspecified atom stereocenters. The van der Waals surface area contributed by atoms with Crippen LogP contribution >= 0.6 is 11.6 Å². The summed E-state index contributed by atoms with van der Waals surface area (Å²) in [6.45, 7) is 0.548. The molecule has 8 heteroatoms. The number of carbonyl (C=O) groups excluding carboxylic acids is 1. The van der Waals surface area contributed by atoms with Crippen LogP contribution in [0, 0.1) is 0 Å². The van der Waals surface area contributed by atoms with Crippen LogP contribution in [0.1, 0.15) is 29.6 Å². The molecule has 0 spiro atoms. The van der Waals surface area contributed by atoms with Crippen LogP contribution in [0.3, 0.4) is 0 Å². The van der Waals surface area contributed by atoms with E-state index in [0.29, 0.717) is 24.3 Å². The molecule has 0 aliphatic carbocycles. The number of hydrogen-bond donors (Lipinski definition) is 1. The molecule has 1 N–H and O–H groups in total. The Morgan fingerprint density at radius 2 is 2.12 bits per heavy atom. The molecule has 26 heavy (non-hydrogen) atoms. The lowest BCUT2D eigenvalue weighted by molar-refractivity contribution is 0.0304. The third kappa shape index (κ3) is 4.81. The third-order valence-corrected chi connectivity index (χ3v) is 5.74. The van der Waals surface area contributed by atoms with Crippen molar-refractivity contribution in [1.29, 1.82) is 0 Å². The number of amides is 1. The fraction of sp³-hybridized carbons (Fsp3) is 0.333. The predicted molar refractivity (Wildman–Crippen MR) is 99.5 cm³/mol. The first-order chi connectivity index (χ1) is 12.4. The molecule has 2 heterocycles. The Hall–Kier alpha value is -1.96. The van der Waals surface area contributed by atoms with Crippen LogP contribution < -0.4 is 4.72 Å². The van der Waals surface area contributed by atoms with Crippen molar-refractivity contribution in [1.82, 2.24) is 9.71 Å². The minimum Gasteiger partial charge on any atom is -0.377 e. The van der Waals surface area contributed by atoms with Gasteiger partial charge in [0.15, 0.2) is 0 Å². The van der Waals surface area contributed by atoms with Gasteiger partial charge in [-0.1, -0.05) is 23.7 Å². The molecule has 3 rings (SSSR count). The highest BCUT2D eigenvalue weighted by Crippen LogP contribution is 2.24. The number of nitrogens with zero attached hydrogens (tertiary/aromatic N) is 1. The average Bonchev–Trinajstić information content (AvgIpc) is 2.62. The molecule has 1 atom stereocenters. The highest BCUT2D eigenvalue weighted by Gasteiger charge is 2.25. The van der Waals surface area contributed by atoms with Gasteiger partial charge >= 0.3 is 0 Å². The number of hydrogen-bond acceptors (Lipinski definition) is 5. The molecule has 0 bridgehead atoms. The van der Waals surface area contributed by atoms with Gasteiger partial charge in [0.2, 0.25) is 10.0 Å². The van der Waals surface area contributed by atoms with E-state index in [0.717, 1.165) is 12.8 Å². The number of benzene rings is 1. The lowest BCUT2D eigenvalue weighted by Crippen LogP contribution is -2.38. The fourth-order valence-electron chi connectivity index (χ4n) is 2.81. The second-order valence-corrected chi connectivity index (χ2v) is 8.28. The number of pyridine rings is 1. The van der Waals surface area contributed by atoms with E-state index in [1.54, 1.807) is 30.5 Å². The Morgan fingerprint density at radius 3 is 2.81 bits per heavy atom. The highest BCUT2D eigenvalue weighted by molar-refractivity contribution is 7.90. The number of nitrogens with one attached hydrogen (secondary N) is 1. The van der Waals surface area contributed by atoms with E-state index in [1.807, 2.05) is 6.07 Å². The first-order valence-electron chi connectivity index (χ1n) is 8.32. The summed E-state index contributed by atoms with van der Waals surface area (Å²) in [6, 6.07) is 10.2. The Kier molecular flexibility index (Phi) is 5.90. The molecule has 138 valence electrons. The lowest BCUT2D eigenvalue weighted by atomic mass is 10.1. The highest BCUT2D eigenvalue weighted by atomic mass is 35.5. The van der Waals surface area contributed by atoms with Gasteiger partial charge in [-0.25, -0.2) is 13.1 Å². The number of carbonyl (C=O) groups is 1. The Balaban J connectivity index is 1.76. The van der Waals surface area contributed by atoms with E-state index in [9.17, 15) is 13.2 Å². The summed E-state index contributed by atoms with van der Waals surface area (Å²) in [4.78, 5) is 16.7. The van der Waals surface area contributed by atoms with E-state index in [2.05, 4.69) is 9.71 Å². The van der Waals surface area contributed by atoms with Gasteiger partial charge in [0.05, 0.1) is 28.1 Å². The molecule has 1 aliphatic rings. The van der Waals surface area contributed by atoms with E-state index in [4.69, 9.17) is 16.3 Å². The maximum atomic E-state index is 12.5. The van der Waals surface area contributed by atoms with Gasteiger partial charge in [-0.3, -0.25) is 9.78 Å². The predicted octanol–water partition coefficient (Wildman–Crippen LogP) is 3.03. The van der Waals surface area contributed by atoms with Gasteiger partial charge in [-0.15, -0.1) is 0 Å². The molecular formula is C18H19ClN2O4S. The van der Waals surface area contributed by atoms with Crippen molar-refractivity contribution in [2.45, 2.75) is 25.4 Å². The number of rotatable bonds is 5. The van der Waals surface area contributed by atoms with Crippen LogP contribution in [-0.4, -0.2) is 37.8 Å². The molecule has 6 nitrogen and oxygen atoms in total. The third-order valence-electron chi connectivity index (χ3n) is 4.10. The van der Waals surface area contributed by atoms with Crippen LogP contribution in [0.15, 0.2) is 42.6 Å². The van der Waals surface area contributed by atoms with Crippen LogP contribution in [-0.2, 0) is 14.8 Å². The number of ether oxygens (including phenoxy) is 1. The molecule has 0 radical (unpaired) electrons. The summed E-state index contributed by atoms with van der Waals surface area (Å²) < 4.78 is 32.1. The normalized spacial score (nSPS) is 17.7. The Morgan fingerprint density at radius 1 is 1.27 bits per heavy atom. The quantitative estimate of drug-likeness (QED) is 0.842. The van der Waals surface area contributed by atoms with Crippen molar-refractivity contribution in [2.75, 3.05) is 12.4 Å². The number of aromatic nitrogens is 1. The maximum Gasteiger partial charge on any atom is 0.266 e. The van der Waals surface area contributed by atoms with Gasteiger partial charge in [-0.2, -0.15) is 0 Å². The largest absolute Gasteiger partial charge is 0.377 e. The first kappa shape index (κ1) is 18.8. The molecule has 1 saturated heterocycles. The summed E-state index contributed by atoms with van der Waals surface area (Å²) in [6.07, 6.45) is 3.78.